The fourth-order valence-electron chi connectivity index (χ4n) is 3.39. The summed E-state index contributed by atoms with van der Waals surface area (Å²) in [6.45, 7) is 7.43. The lowest BCUT2D eigenvalue weighted by atomic mass is 9.87. The van der Waals surface area contributed by atoms with Crippen molar-refractivity contribution in [2.75, 3.05) is 14.2 Å². The van der Waals surface area contributed by atoms with Crippen molar-refractivity contribution in [3.8, 4) is 11.5 Å². The summed E-state index contributed by atoms with van der Waals surface area (Å²) in [5.74, 6) is 1.45. The predicted octanol–water partition coefficient (Wildman–Crippen LogP) is 5.84. The molecule has 3 rings (SSSR count). The van der Waals surface area contributed by atoms with Crippen LogP contribution in [0.5, 0.6) is 11.5 Å². The number of amides is 1. The molecule has 0 N–H and O–H groups in total. The van der Waals surface area contributed by atoms with E-state index < -0.39 is 0 Å². The predicted molar refractivity (Wildman–Crippen MR) is 125 cm³/mol. The summed E-state index contributed by atoms with van der Waals surface area (Å²) >= 11 is 0. The fraction of sp³-hybridized carbons (Fsp3) is 0.296. The highest BCUT2D eigenvalue weighted by atomic mass is 16.5. The van der Waals surface area contributed by atoms with Crippen LogP contribution in [0.1, 0.15) is 47.8 Å². The highest BCUT2D eigenvalue weighted by Gasteiger charge is 2.16. The maximum absolute atomic E-state index is 13.0. The smallest absolute Gasteiger partial charge is 0.253 e. The third-order valence-electron chi connectivity index (χ3n) is 5.25. The molecule has 0 atom stereocenters. The average Bonchev–Trinajstić information content (AvgIpc) is 2.77. The lowest BCUT2D eigenvalue weighted by Crippen LogP contribution is -2.26. The Hall–Kier alpha value is -3.27. The standard InChI is InChI=1S/C27H31NO3/c1-27(2,3)23-12-14-24(15-13-23)31-19-22-17-21(11-16-25(22)30-5)26(29)28(4)18-20-9-7-6-8-10-20/h6-17H,18-19H2,1-5H3. The normalized spacial score (nSPS) is 11.1. The summed E-state index contributed by atoms with van der Waals surface area (Å²) in [5, 5.41) is 0. The van der Waals surface area contributed by atoms with Gasteiger partial charge in [0.1, 0.15) is 18.1 Å². The van der Waals surface area contributed by atoms with Crippen LogP contribution in [-0.2, 0) is 18.6 Å². The summed E-state index contributed by atoms with van der Waals surface area (Å²) in [4.78, 5) is 14.7. The molecule has 3 aromatic carbocycles. The van der Waals surface area contributed by atoms with Crippen LogP contribution >= 0.6 is 0 Å². The van der Waals surface area contributed by atoms with E-state index in [-0.39, 0.29) is 11.3 Å². The Labute approximate surface area is 185 Å². The molecule has 0 spiro atoms. The maximum atomic E-state index is 13.0. The van der Waals surface area contributed by atoms with Crippen LogP contribution in [0, 0.1) is 0 Å². The Morgan fingerprint density at radius 3 is 2.23 bits per heavy atom. The lowest BCUT2D eigenvalue weighted by molar-refractivity contribution is 0.0785. The molecule has 0 fully saturated rings. The Morgan fingerprint density at radius 2 is 1.61 bits per heavy atom. The molecule has 0 aliphatic rings. The van der Waals surface area contributed by atoms with Crippen LogP contribution < -0.4 is 9.47 Å². The molecule has 0 saturated heterocycles. The lowest BCUT2D eigenvalue weighted by Gasteiger charge is -2.20. The van der Waals surface area contributed by atoms with Crippen molar-refractivity contribution < 1.29 is 14.3 Å². The van der Waals surface area contributed by atoms with Gasteiger partial charge in [-0.1, -0.05) is 63.2 Å². The van der Waals surface area contributed by atoms with Crippen LogP contribution in [-0.4, -0.2) is 25.0 Å². The van der Waals surface area contributed by atoms with E-state index in [0.717, 1.165) is 16.9 Å². The van der Waals surface area contributed by atoms with Gasteiger partial charge in [-0.2, -0.15) is 0 Å². The van der Waals surface area contributed by atoms with E-state index in [1.54, 1.807) is 18.1 Å². The second-order valence-electron chi connectivity index (χ2n) is 8.74. The first kappa shape index (κ1) is 22.4. The van der Waals surface area contributed by atoms with Gasteiger partial charge in [0.25, 0.3) is 5.91 Å². The number of ether oxygens (including phenoxy) is 2. The first-order chi connectivity index (χ1) is 14.8. The van der Waals surface area contributed by atoms with E-state index in [2.05, 4.69) is 32.9 Å². The van der Waals surface area contributed by atoms with Crippen molar-refractivity contribution in [2.45, 2.75) is 39.3 Å². The molecular formula is C27H31NO3. The van der Waals surface area contributed by atoms with Crippen LogP contribution in [0.2, 0.25) is 0 Å². The van der Waals surface area contributed by atoms with Gasteiger partial charge in [-0.25, -0.2) is 0 Å². The van der Waals surface area contributed by atoms with Gasteiger partial charge >= 0.3 is 0 Å². The number of hydrogen-bond donors (Lipinski definition) is 0. The van der Waals surface area contributed by atoms with Crippen molar-refractivity contribution in [3.63, 3.8) is 0 Å². The topological polar surface area (TPSA) is 38.8 Å². The Kier molecular flexibility index (Phi) is 7.01. The molecule has 3 aromatic rings. The number of rotatable bonds is 7. The Bertz CT molecular complexity index is 1000. The van der Waals surface area contributed by atoms with Crippen LogP contribution in [0.4, 0.5) is 0 Å². The van der Waals surface area contributed by atoms with E-state index in [4.69, 9.17) is 9.47 Å². The summed E-state index contributed by atoms with van der Waals surface area (Å²) in [6, 6.07) is 23.6. The molecule has 1 amide bonds. The molecule has 162 valence electrons. The van der Waals surface area contributed by atoms with Gasteiger partial charge in [0.15, 0.2) is 0 Å². The summed E-state index contributed by atoms with van der Waals surface area (Å²) in [6.07, 6.45) is 0. The maximum Gasteiger partial charge on any atom is 0.253 e. The van der Waals surface area contributed by atoms with E-state index in [1.807, 2.05) is 61.6 Å². The third kappa shape index (κ3) is 5.88. The zero-order valence-corrected chi connectivity index (χ0v) is 19.0. The number of hydrogen-bond acceptors (Lipinski definition) is 3. The SMILES string of the molecule is COc1ccc(C(=O)N(C)Cc2ccccc2)cc1COc1ccc(C(C)(C)C)cc1. The van der Waals surface area contributed by atoms with Crippen molar-refractivity contribution in [2.24, 2.45) is 0 Å². The van der Waals surface area contributed by atoms with Gasteiger partial charge in [0, 0.05) is 24.7 Å². The van der Waals surface area contributed by atoms with Crippen molar-refractivity contribution in [1.29, 1.82) is 0 Å². The zero-order chi connectivity index (χ0) is 22.4. The van der Waals surface area contributed by atoms with E-state index in [9.17, 15) is 4.79 Å². The highest BCUT2D eigenvalue weighted by molar-refractivity contribution is 5.94. The third-order valence-corrected chi connectivity index (χ3v) is 5.25. The number of benzene rings is 3. The minimum atomic E-state index is -0.0395. The van der Waals surface area contributed by atoms with Gasteiger partial charge in [-0.05, 0) is 46.9 Å². The van der Waals surface area contributed by atoms with E-state index in [1.165, 1.54) is 5.56 Å². The first-order valence-corrected chi connectivity index (χ1v) is 10.5. The molecular weight excluding hydrogens is 386 g/mol. The van der Waals surface area contributed by atoms with Crippen molar-refractivity contribution in [1.82, 2.24) is 4.90 Å². The van der Waals surface area contributed by atoms with Gasteiger partial charge in [-0.15, -0.1) is 0 Å². The molecule has 0 unspecified atom stereocenters. The van der Waals surface area contributed by atoms with E-state index in [0.29, 0.717) is 24.5 Å². The minimum Gasteiger partial charge on any atom is -0.496 e. The van der Waals surface area contributed by atoms with Crippen LogP contribution in [0.3, 0.4) is 0 Å². The molecule has 4 nitrogen and oxygen atoms in total. The quantitative estimate of drug-likeness (QED) is 0.484. The summed E-state index contributed by atoms with van der Waals surface area (Å²) < 4.78 is 11.5. The minimum absolute atomic E-state index is 0.0395. The first-order valence-electron chi connectivity index (χ1n) is 10.5. The molecule has 0 aromatic heterocycles. The largest absolute Gasteiger partial charge is 0.496 e. The Morgan fingerprint density at radius 1 is 0.935 bits per heavy atom. The Balaban J connectivity index is 1.72. The van der Waals surface area contributed by atoms with Crippen LogP contribution in [0.15, 0.2) is 72.8 Å². The molecule has 31 heavy (non-hydrogen) atoms. The second kappa shape index (κ2) is 9.69. The summed E-state index contributed by atoms with van der Waals surface area (Å²) in [7, 11) is 3.44. The molecule has 0 aliphatic heterocycles. The van der Waals surface area contributed by atoms with Crippen molar-refractivity contribution in [3.05, 3.63) is 95.1 Å². The fourth-order valence-corrected chi connectivity index (χ4v) is 3.39. The number of carbonyl (C=O) groups is 1. The van der Waals surface area contributed by atoms with Gasteiger partial charge < -0.3 is 14.4 Å². The summed E-state index contributed by atoms with van der Waals surface area (Å²) in [5.41, 5.74) is 3.89. The van der Waals surface area contributed by atoms with Gasteiger partial charge in [0.2, 0.25) is 0 Å². The second-order valence-corrected chi connectivity index (χ2v) is 8.74. The van der Waals surface area contributed by atoms with Crippen molar-refractivity contribution >= 4 is 5.91 Å². The molecule has 0 aliphatic carbocycles. The number of nitrogens with zero attached hydrogens (tertiary/aromatic N) is 1. The molecule has 0 heterocycles. The number of methoxy groups -OCH3 is 1. The molecule has 0 radical (unpaired) electrons. The van der Waals surface area contributed by atoms with Gasteiger partial charge in [0.05, 0.1) is 7.11 Å². The monoisotopic (exact) mass is 417 g/mol. The van der Waals surface area contributed by atoms with E-state index >= 15 is 0 Å². The highest BCUT2D eigenvalue weighted by Crippen LogP contribution is 2.26. The molecule has 0 saturated carbocycles. The van der Waals surface area contributed by atoms with Crippen LogP contribution in [0.25, 0.3) is 0 Å². The number of carbonyl (C=O) groups excluding carboxylic acids is 1. The van der Waals surface area contributed by atoms with Gasteiger partial charge in [-0.3, -0.25) is 4.79 Å². The molecule has 0 bridgehead atoms. The average molecular weight is 418 g/mol. The molecule has 4 heteroatoms. The zero-order valence-electron chi connectivity index (χ0n) is 19.0.